The molecule has 0 saturated heterocycles. The van der Waals surface area contributed by atoms with Crippen molar-refractivity contribution in [1.82, 2.24) is 15.3 Å². The molecule has 0 aromatic carbocycles. The summed E-state index contributed by atoms with van der Waals surface area (Å²) in [5.41, 5.74) is 0.567. The summed E-state index contributed by atoms with van der Waals surface area (Å²) in [7, 11) is 1.69. The van der Waals surface area contributed by atoms with Crippen molar-refractivity contribution in [3.8, 4) is 0 Å². The zero-order valence-corrected chi connectivity index (χ0v) is 12.4. The minimum absolute atomic E-state index is 0.405. The van der Waals surface area contributed by atoms with E-state index in [2.05, 4.69) is 22.2 Å². The first-order valence-corrected chi connectivity index (χ1v) is 6.82. The molecule has 1 heterocycles. The monoisotopic (exact) mass is 267 g/mol. The van der Waals surface area contributed by atoms with Gasteiger partial charge in [-0.25, -0.2) is 9.97 Å². The van der Waals surface area contributed by atoms with Gasteiger partial charge < -0.3 is 14.8 Å². The zero-order chi connectivity index (χ0) is 14.1. The molecule has 0 radical (unpaired) electrons. The molecule has 1 atom stereocenters. The summed E-state index contributed by atoms with van der Waals surface area (Å²) in [5, 5.41) is 3.28. The maximum absolute atomic E-state index is 5.80. The molecule has 108 valence electrons. The number of hydrogen-bond donors (Lipinski definition) is 1. The van der Waals surface area contributed by atoms with Crippen LogP contribution in [0.5, 0.6) is 0 Å². The summed E-state index contributed by atoms with van der Waals surface area (Å²) in [6.07, 6.45) is 2.64. The van der Waals surface area contributed by atoms with E-state index in [-0.39, 0.29) is 0 Å². The Balaban J connectivity index is 2.70. The van der Waals surface area contributed by atoms with Gasteiger partial charge in [-0.2, -0.15) is 0 Å². The highest BCUT2D eigenvalue weighted by atomic mass is 16.5. The Hall–Kier alpha value is -1.04. The second-order valence-corrected chi connectivity index (χ2v) is 4.56. The van der Waals surface area contributed by atoms with Crippen molar-refractivity contribution in [1.29, 1.82) is 0 Å². The Labute approximate surface area is 115 Å². The average molecular weight is 267 g/mol. The van der Waals surface area contributed by atoms with Crippen molar-refractivity contribution in [2.45, 2.75) is 39.3 Å². The van der Waals surface area contributed by atoms with Gasteiger partial charge in [0.2, 0.25) is 0 Å². The Morgan fingerprint density at radius 3 is 2.79 bits per heavy atom. The standard InChI is InChI=1S/C14H25N3O2/c1-5-14(3,19-6-2)13-16-8-7-12(17-13)11-15-9-10-18-4/h7-8,15H,5-6,9-11H2,1-4H3. The third-order valence-electron chi connectivity index (χ3n) is 3.11. The summed E-state index contributed by atoms with van der Waals surface area (Å²) in [4.78, 5) is 8.95. The minimum Gasteiger partial charge on any atom is -0.383 e. The van der Waals surface area contributed by atoms with Gasteiger partial charge in [-0.3, -0.25) is 0 Å². The second kappa shape index (κ2) is 8.19. The number of aromatic nitrogens is 2. The molecule has 1 aromatic rings. The summed E-state index contributed by atoms with van der Waals surface area (Å²) >= 11 is 0. The smallest absolute Gasteiger partial charge is 0.160 e. The number of rotatable bonds is 9. The minimum atomic E-state index is -0.405. The van der Waals surface area contributed by atoms with Crippen LogP contribution in [-0.2, 0) is 21.6 Å². The molecule has 1 unspecified atom stereocenters. The SMILES string of the molecule is CCOC(C)(CC)c1nccc(CNCCOC)n1. The van der Waals surface area contributed by atoms with Crippen LogP contribution in [-0.4, -0.2) is 36.8 Å². The van der Waals surface area contributed by atoms with E-state index in [9.17, 15) is 0 Å². The molecule has 0 fully saturated rings. The van der Waals surface area contributed by atoms with Crippen LogP contribution < -0.4 is 5.32 Å². The molecular formula is C14H25N3O2. The molecule has 1 aromatic heterocycles. The van der Waals surface area contributed by atoms with Crippen molar-refractivity contribution in [3.05, 3.63) is 23.8 Å². The second-order valence-electron chi connectivity index (χ2n) is 4.56. The van der Waals surface area contributed by atoms with Gasteiger partial charge in [0.15, 0.2) is 5.82 Å². The summed E-state index contributed by atoms with van der Waals surface area (Å²) in [6.45, 7) is 8.99. The molecule has 0 spiro atoms. The van der Waals surface area contributed by atoms with Crippen molar-refractivity contribution < 1.29 is 9.47 Å². The van der Waals surface area contributed by atoms with E-state index < -0.39 is 5.60 Å². The largest absolute Gasteiger partial charge is 0.383 e. The summed E-state index contributed by atoms with van der Waals surface area (Å²) in [6, 6.07) is 1.92. The fourth-order valence-electron chi connectivity index (χ4n) is 1.78. The summed E-state index contributed by atoms with van der Waals surface area (Å²) in [5.74, 6) is 0.753. The van der Waals surface area contributed by atoms with Crippen LogP contribution in [0.1, 0.15) is 38.7 Å². The number of nitrogens with zero attached hydrogens (tertiary/aromatic N) is 2. The van der Waals surface area contributed by atoms with E-state index in [1.807, 2.05) is 19.9 Å². The highest BCUT2D eigenvalue weighted by molar-refractivity contribution is 5.07. The zero-order valence-electron chi connectivity index (χ0n) is 12.4. The van der Waals surface area contributed by atoms with Crippen molar-refractivity contribution >= 4 is 0 Å². The molecule has 19 heavy (non-hydrogen) atoms. The first kappa shape index (κ1) is 16.0. The first-order chi connectivity index (χ1) is 9.16. The molecule has 5 nitrogen and oxygen atoms in total. The Morgan fingerprint density at radius 2 is 2.16 bits per heavy atom. The lowest BCUT2D eigenvalue weighted by atomic mass is 10.0. The van der Waals surface area contributed by atoms with Gasteiger partial charge in [0.05, 0.1) is 12.3 Å². The number of nitrogens with one attached hydrogen (secondary N) is 1. The van der Waals surface area contributed by atoms with Crippen LogP contribution in [0.4, 0.5) is 0 Å². The van der Waals surface area contributed by atoms with Crippen molar-refractivity contribution in [3.63, 3.8) is 0 Å². The van der Waals surface area contributed by atoms with Gasteiger partial charge in [0.25, 0.3) is 0 Å². The topological polar surface area (TPSA) is 56.3 Å². The van der Waals surface area contributed by atoms with Gasteiger partial charge in [0.1, 0.15) is 5.60 Å². The van der Waals surface area contributed by atoms with Crippen molar-refractivity contribution in [2.75, 3.05) is 26.9 Å². The third-order valence-corrected chi connectivity index (χ3v) is 3.11. The lowest BCUT2D eigenvalue weighted by Crippen LogP contribution is -2.29. The van der Waals surface area contributed by atoms with Crippen LogP contribution in [0.25, 0.3) is 0 Å². The van der Waals surface area contributed by atoms with Crippen LogP contribution >= 0.6 is 0 Å². The summed E-state index contributed by atoms with van der Waals surface area (Å²) < 4.78 is 10.8. The number of methoxy groups -OCH3 is 1. The predicted molar refractivity (Wildman–Crippen MR) is 74.9 cm³/mol. The van der Waals surface area contributed by atoms with Gasteiger partial charge in [-0.15, -0.1) is 0 Å². The van der Waals surface area contributed by atoms with Crippen LogP contribution in [0, 0.1) is 0 Å². The van der Waals surface area contributed by atoms with Crippen LogP contribution in [0.15, 0.2) is 12.3 Å². The van der Waals surface area contributed by atoms with E-state index in [0.717, 1.165) is 24.5 Å². The lowest BCUT2D eigenvalue weighted by molar-refractivity contribution is -0.0392. The fourth-order valence-corrected chi connectivity index (χ4v) is 1.78. The van der Waals surface area contributed by atoms with Crippen LogP contribution in [0.2, 0.25) is 0 Å². The lowest BCUT2D eigenvalue weighted by Gasteiger charge is -2.26. The quantitative estimate of drug-likeness (QED) is 0.692. The molecule has 1 rings (SSSR count). The Kier molecular flexibility index (Phi) is 6.91. The van der Waals surface area contributed by atoms with E-state index in [1.54, 1.807) is 13.3 Å². The van der Waals surface area contributed by atoms with E-state index >= 15 is 0 Å². The Morgan fingerprint density at radius 1 is 1.37 bits per heavy atom. The molecule has 0 bridgehead atoms. The highest BCUT2D eigenvalue weighted by Crippen LogP contribution is 2.25. The molecule has 0 aliphatic heterocycles. The third kappa shape index (κ3) is 4.86. The molecule has 1 N–H and O–H groups in total. The van der Waals surface area contributed by atoms with Gasteiger partial charge in [-0.1, -0.05) is 6.92 Å². The van der Waals surface area contributed by atoms with Gasteiger partial charge in [-0.05, 0) is 26.3 Å². The van der Waals surface area contributed by atoms with Gasteiger partial charge in [0, 0.05) is 33.0 Å². The maximum atomic E-state index is 5.80. The number of hydrogen-bond acceptors (Lipinski definition) is 5. The Bertz CT molecular complexity index is 373. The normalized spacial score (nSPS) is 14.3. The molecule has 5 heteroatoms. The van der Waals surface area contributed by atoms with E-state index in [1.165, 1.54) is 0 Å². The molecule has 0 amide bonds. The van der Waals surface area contributed by atoms with E-state index in [4.69, 9.17) is 9.47 Å². The van der Waals surface area contributed by atoms with Crippen molar-refractivity contribution in [2.24, 2.45) is 0 Å². The first-order valence-electron chi connectivity index (χ1n) is 6.82. The maximum Gasteiger partial charge on any atom is 0.160 e. The highest BCUT2D eigenvalue weighted by Gasteiger charge is 2.28. The van der Waals surface area contributed by atoms with Gasteiger partial charge >= 0.3 is 0 Å². The number of ether oxygens (including phenoxy) is 2. The molecular weight excluding hydrogens is 242 g/mol. The fraction of sp³-hybridized carbons (Fsp3) is 0.714. The predicted octanol–water partition coefficient (Wildman–Crippen LogP) is 1.87. The molecule has 0 saturated carbocycles. The van der Waals surface area contributed by atoms with Crippen LogP contribution in [0.3, 0.4) is 0 Å². The molecule has 0 aliphatic rings. The molecule has 0 aliphatic carbocycles. The van der Waals surface area contributed by atoms with E-state index in [0.29, 0.717) is 19.8 Å². The average Bonchev–Trinajstić information content (AvgIpc) is 2.44.